The summed E-state index contributed by atoms with van der Waals surface area (Å²) in [6.07, 6.45) is 0. The Bertz CT molecular complexity index is 424. The van der Waals surface area contributed by atoms with E-state index in [1.165, 1.54) is 6.07 Å². The second-order valence-electron chi connectivity index (χ2n) is 4.23. The van der Waals surface area contributed by atoms with Crippen molar-refractivity contribution in [3.63, 3.8) is 0 Å². The third kappa shape index (κ3) is 3.01. The van der Waals surface area contributed by atoms with Crippen molar-refractivity contribution in [1.29, 1.82) is 0 Å². The molecule has 0 atom stereocenters. The van der Waals surface area contributed by atoms with Gasteiger partial charge in [0, 0.05) is 24.2 Å². The molecule has 0 saturated heterocycles. The van der Waals surface area contributed by atoms with Crippen molar-refractivity contribution >= 4 is 0 Å². The van der Waals surface area contributed by atoms with Crippen LogP contribution in [0.25, 0.3) is 0 Å². The minimum absolute atomic E-state index is 0.102. The van der Waals surface area contributed by atoms with Gasteiger partial charge in [0.1, 0.15) is 5.75 Å². The van der Waals surface area contributed by atoms with E-state index in [2.05, 4.69) is 10.1 Å². The van der Waals surface area contributed by atoms with Gasteiger partial charge in [-0.3, -0.25) is 0 Å². The van der Waals surface area contributed by atoms with Crippen LogP contribution in [0.1, 0.15) is 19.4 Å². The largest absolute Gasteiger partial charge is 0.454 e. The van der Waals surface area contributed by atoms with Crippen molar-refractivity contribution in [2.24, 2.45) is 0 Å². The summed E-state index contributed by atoms with van der Waals surface area (Å²) in [5.41, 5.74) is 0.619. The molecule has 1 aromatic rings. The predicted molar refractivity (Wildman–Crippen MR) is 61.2 cm³/mol. The van der Waals surface area contributed by atoms with Crippen LogP contribution >= 0.6 is 0 Å². The van der Waals surface area contributed by atoms with Crippen LogP contribution in [0.2, 0.25) is 0 Å². The summed E-state index contributed by atoms with van der Waals surface area (Å²) < 4.78 is 39.5. The number of nitrogens with one attached hydrogen (secondary N) is 1. The van der Waals surface area contributed by atoms with Gasteiger partial charge in [0.05, 0.1) is 0 Å². The fraction of sp³-hybridized carbons (Fsp3) is 0.500. The molecular weight excluding hydrogens is 244 g/mol. The van der Waals surface area contributed by atoms with Gasteiger partial charge in [-0.2, -0.15) is 8.78 Å². The molecule has 0 saturated carbocycles. The molecule has 0 aromatic heterocycles. The van der Waals surface area contributed by atoms with Gasteiger partial charge in [0.2, 0.25) is 6.79 Å². The van der Waals surface area contributed by atoms with Gasteiger partial charge in [-0.1, -0.05) is 13.8 Å². The molecule has 0 bridgehead atoms. The van der Waals surface area contributed by atoms with Crippen LogP contribution in [0.5, 0.6) is 17.2 Å². The summed E-state index contributed by atoms with van der Waals surface area (Å²) in [6.45, 7) is 1.62. The lowest BCUT2D eigenvalue weighted by Gasteiger charge is -2.14. The van der Waals surface area contributed by atoms with Gasteiger partial charge >= 0.3 is 6.61 Å². The van der Waals surface area contributed by atoms with Crippen molar-refractivity contribution in [2.75, 3.05) is 6.79 Å². The fourth-order valence-electron chi connectivity index (χ4n) is 1.62. The average Bonchev–Trinajstić information content (AvgIpc) is 2.71. The highest BCUT2D eigenvalue weighted by Gasteiger charge is 2.19. The molecule has 0 aliphatic carbocycles. The van der Waals surface area contributed by atoms with E-state index in [0.717, 1.165) is 0 Å². The van der Waals surface area contributed by atoms with E-state index in [0.29, 0.717) is 23.6 Å². The molecule has 0 radical (unpaired) electrons. The van der Waals surface area contributed by atoms with Crippen LogP contribution in [0.15, 0.2) is 12.1 Å². The Morgan fingerprint density at radius 3 is 2.56 bits per heavy atom. The number of ether oxygens (including phenoxy) is 3. The molecule has 1 heterocycles. The lowest BCUT2D eigenvalue weighted by molar-refractivity contribution is -0.0505. The lowest BCUT2D eigenvalue weighted by Crippen LogP contribution is -2.22. The third-order valence-electron chi connectivity index (χ3n) is 2.47. The monoisotopic (exact) mass is 259 g/mol. The van der Waals surface area contributed by atoms with Gasteiger partial charge in [0.15, 0.2) is 11.5 Å². The van der Waals surface area contributed by atoms with E-state index in [4.69, 9.17) is 9.47 Å². The van der Waals surface area contributed by atoms with Gasteiger partial charge in [0.25, 0.3) is 0 Å². The van der Waals surface area contributed by atoms with E-state index in [1.807, 2.05) is 13.8 Å². The maximum atomic E-state index is 12.3. The quantitative estimate of drug-likeness (QED) is 0.882. The molecule has 1 N–H and O–H groups in total. The maximum Gasteiger partial charge on any atom is 0.387 e. The molecule has 1 aliphatic rings. The van der Waals surface area contributed by atoms with E-state index < -0.39 is 6.61 Å². The second-order valence-corrected chi connectivity index (χ2v) is 4.23. The molecule has 0 unspecified atom stereocenters. The van der Waals surface area contributed by atoms with Crippen LogP contribution in [0.3, 0.4) is 0 Å². The summed E-state index contributed by atoms with van der Waals surface area (Å²) in [4.78, 5) is 0. The first kappa shape index (κ1) is 12.9. The number of hydrogen-bond acceptors (Lipinski definition) is 4. The predicted octanol–water partition coefficient (Wildman–Crippen LogP) is 2.51. The first-order valence-electron chi connectivity index (χ1n) is 5.67. The lowest BCUT2D eigenvalue weighted by atomic mass is 10.1. The van der Waals surface area contributed by atoms with Crippen molar-refractivity contribution in [2.45, 2.75) is 33.0 Å². The molecule has 0 amide bonds. The Morgan fingerprint density at radius 2 is 1.94 bits per heavy atom. The molecule has 1 aromatic carbocycles. The second kappa shape index (κ2) is 5.39. The number of halogens is 2. The Kier molecular flexibility index (Phi) is 3.86. The highest BCUT2D eigenvalue weighted by molar-refractivity contribution is 5.51. The number of fused-ring (bicyclic) bond motifs is 1. The van der Waals surface area contributed by atoms with Crippen molar-refractivity contribution < 1.29 is 23.0 Å². The van der Waals surface area contributed by atoms with E-state index in [1.54, 1.807) is 6.07 Å². The first-order chi connectivity index (χ1) is 8.56. The highest BCUT2D eigenvalue weighted by Crippen LogP contribution is 2.38. The van der Waals surface area contributed by atoms with E-state index >= 15 is 0 Å². The molecule has 4 nitrogen and oxygen atoms in total. The van der Waals surface area contributed by atoms with Crippen molar-refractivity contribution in [1.82, 2.24) is 5.32 Å². The smallest absolute Gasteiger partial charge is 0.387 e. The number of rotatable bonds is 5. The zero-order chi connectivity index (χ0) is 13.1. The standard InChI is InChI=1S/C12H15F2NO3/c1-7(2)15-5-8-3-10-11(17-6-16-10)4-9(8)18-12(13)14/h3-4,7,12,15H,5-6H2,1-2H3. The molecule has 2 rings (SSSR count). The minimum Gasteiger partial charge on any atom is -0.454 e. The number of benzene rings is 1. The Hall–Kier alpha value is -1.56. The third-order valence-corrected chi connectivity index (χ3v) is 2.47. The maximum absolute atomic E-state index is 12.3. The summed E-state index contributed by atoms with van der Waals surface area (Å²) in [7, 11) is 0. The van der Waals surface area contributed by atoms with Gasteiger partial charge < -0.3 is 19.5 Å². The summed E-state index contributed by atoms with van der Waals surface area (Å²) in [5.74, 6) is 1.10. The van der Waals surface area contributed by atoms with E-state index in [9.17, 15) is 8.78 Å². The van der Waals surface area contributed by atoms with Gasteiger partial charge in [-0.25, -0.2) is 0 Å². The van der Waals surface area contributed by atoms with Crippen LogP contribution in [-0.4, -0.2) is 19.4 Å². The number of hydrogen-bond donors (Lipinski definition) is 1. The normalized spacial score (nSPS) is 13.4. The SMILES string of the molecule is CC(C)NCc1cc2c(cc1OC(F)F)OCO2. The van der Waals surface area contributed by atoms with Crippen LogP contribution < -0.4 is 19.5 Å². The topological polar surface area (TPSA) is 39.7 Å². The average molecular weight is 259 g/mol. The Balaban J connectivity index is 2.23. The molecule has 1 aliphatic heterocycles. The van der Waals surface area contributed by atoms with E-state index in [-0.39, 0.29) is 18.6 Å². The summed E-state index contributed by atoms with van der Waals surface area (Å²) >= 11 is 0. The highest BCUT2D eigenvalue weighted by atomic mass is 19.3. The van der Waals surface area contributed by atoms with Crippen LogP contribution in [0, 0.1) is 0 Å². The first-order valence-corrected chi connectivity index (χ1v) is 5.67. The van der Waals surface area contributed by atoms with Crippen LogP contribution in [0.4, 0.5) is 8.78 Å². The summed E-state index contributed by atoms with van der Waals surface area (Å²) in [5, 5.41) is 3.15. The molecular formula is C12H15F2NO3. The zero-order valence-corrected chi connectivity index (χ0v) is 10.2. The fourth-order valence-corrected chi connectivity index (χ4v) is 1.62. The summed E-state index contributed by atoms with van der Waals surface area (Å²) in [6, 6.07) is 3.34. The Morgan fingerprint density at radius 1 is 1.28 bits per heavy atom. The molecule has 100 valence electrons. The van der Waals surface area contributed by atoms with Crippen molar-refractivity contribution in [3.8, 4) is 17.2 Å². The molecule has 0 fully saturated rings. The minimum atomic E-state index is -2.86. The molecule has 0 spiro atoms. The van der Waals surface area contributed by atoms with Gasteiger partial charge in [-0.15, -0.1) is 0 Å². The Labute approximate surface area is 104 Å². The van der Waals surface area contributed by atoms with Crippen molar-refractivity contribution in [3.05, 3.63) is 17.7 Å². The van der Waals surface area contributed by atoms with Gasteiger partial charge in [-0.05, 0) is 6.07 Å². The zero-order valence-electron chi connectivity index (χ0n) is 10.2. The molecule has 6 heteroatoms. The molecule has 18 heavy (non-hydrogen) atoms. The number of alkyl halides is 2. The van der Waals surface area contributed by atoms with Crippen LogP contribution in [-0.2, 0) is 6.54 Å².